The van der Waals surface area contributed by atoms with E-state index < -0.39 is 12.0 Å². The van der Waals surface area contributed by atoms with E-state index in [1.54, 1.807) is 31.2 Å². The van der Waals surface area contributed by atoms with Crippen LogP contribution < -0.4 is 14.8 Å². The molecule has 1 fully saturated rings. The summed E-state index contributed by atoms with van der Waals surface area (Å²) in [6.45, 7) is 3.33. The normalized spacial score (nSPS) is 15.7. The fourth-order valence-electron chi connectivity index (χ4n) is 3.23. The number of carbonyl (C=O) groups excluding carboxylic acids is 3. The molecule has 1 N–H and O–H groups in total. The van der Waals surface area contributed by atoms with Crippen LogP contribution in [0.2, 0.25) is 0 Å². The lowest BCUT2D eigenvalue weighted by atomic mass is 10.1. The van der Waals surface area contributed by atoms with Gasteiger partial charge in [-0.05, 0) is 43.3 Å². The van der Waals surface area contributed by atoms with E-state index in [-0.39, 0.29) is 24.8 Å². The van der Waals surface area contributed by atoms with Crippen molar-refractivity contribution >= 4 is 17.8 Å². The van der Waals surface area contributed by atoms with Crippen LogP contribution in [0.1, 0.15) is 23.7 Å². The van der Waals surface area contributed by atoms with Gasteiger partial charge in [0.25, 0.3) is 5.91 Å². The molecular weight excluding hydrogens is 400 g/mol. The Kier molecular flexibility index (Phi) is 7.86. The summed E-state index contributed by atoms with van der Waals surface area (Å²) in [4.78, 5) is 38.5. The van der Waals surface area contributed by atoms with Crippen LogP contribution in [-0.4, -0.2) is 61.6 Å². The number of nitrogens with one attached hydrogen (secondary N) is 1. The molecule has 0 radical (unpaired) electrons. The molecule has 1 unspecified atom stereocenters. The Morgan fingerprint density at radius 2 is 1.65 bits per heavy atom. The minimum Gasteiger partial charge on any atom is -0.490 e. The number of hydrogen-bond acceptors (Lipinski definition) is 6. The molecule has 2 aromatic rings. The Balaban J connectivity index is 1.55. The van der Waals surface area contributed by atoms with Gasteiger partial charge in [-0.25, -0.2) is 0 Å². The first-order chi connectivity index (χ1) is 15.1. The molecule has 8 heteroatoms. The minimum atomic E-state index is -0.883. The summed E-state index contributed by atoms with van der Waals surface area (Å²) in [5.74, 6) is 0.195. The maximum Gasteiger partial charge on any atom is 0.308 e. The fourth-order valence-corrected chi connectivity index (χ4v) is 3.23. The first kappa shape index (κ1) is 22.1. The van der Waals surface area contributed by atoms with E-state index in [1.807, 2.05) is 30.3 Å². The Bertz CT molecular complexity index is 885. The monoisotopic (exact) mass is 426 g/mol. The Morgan fingerprint density at radius 1 is 1.00 bits per heavy atom. The molecule has 1 saturated heterocycles. The molecule has 31 heavy (non-hydrogen) atoms. The van der Waals surface area contributed by atoms with Crippen LogP contribution in [0, 0.1) is 0 Å². The van der Waals surface area contributed by atoms with Gasteiger partial charge in [0.15, 0.2) is 0 Å². The number of amides is 2. The molecule has 2 aromatic carbocycles. The molecule has 8 nitrogen and oxygen atoms in total. The molecule has 0 saturated carbocycles. The Hall–Kier alpha value is -3.55. The van der Waals surface area contributed by atoms with Crippen LogP contribution in [0.3, 0.4) is 0 Å². The van der Waals surface area contributed by atoms with E-state index in [2.05, 4.69) is 5.32 Å². The molecule has 0 aliphatic carbocycles. The smallest absolute Gasteiger partial charge is 0.308 e. The lowest BCUT2D eigenvalue weighted by Crippen LogP contribution is -2.57. The van der Waals surface area contributed by atoms with Gasteiger partial charge in [-0.2, -0.15) is 0 Å². The highest BCUT2D eigenvalue weighted by atomic mass is 16.5. The third-order valence-corrected chi connectivity index (χ3v) is 4.72. The number of carbonyl (C=O) groups is 3. The molecule has 1 aliphatic heterocycles. The average Bonchev–Trinajstić information content (AvgIpc) is 2.79. The maximum absolute atomic E-state index is 13.0. The van der Waals surface area contributed by atoms with Gasteiger partial charge in [-0.1, -0.05) is 18.2 Å². The summed E-state index contributed by atoms with van der Waals surface area (Å²) >= 11 is 0. The first-order valence-corrected chi connectivity index (χ1v) is 10.2. The van der Waals surface area contributed by atoms with Crippen LogP contribution in [0.4, 0.5) is 0 Å². The highest BCUT2D eigenvalue weighted by molar-refractivity contribution is 5.99. The second-order valence-electron chi connectivity index (χ2n) is 6.85. The van der Waals surface area contributed by atoms with E-state index in [0.717, 1.165) is 5.75 Å². The van der Waals surface area contributed by atoms with Crippen molar-refractivity contribution in [1.82, 2.24) is 10.2 Å². The van der Waals surface area contributed by atoms with Gasteiger partial charge in [0.1, 0.15) is 30.8 Å². The number of piperazine rings is 1. The van der Waals surface area contributed by atoms with Gasteiger partial charge < -0.3 is 24.4 Å². The van der Waals surface area contributed by atoms with Crippen molar-refractivity contribution in [2.24, 2.45) is 0 Å². The molecule has 1 aliphatic rings. The Morgan fingerprint density at radius 3 is 2.29 bits per heavy atom. The number of ether oxygens (including phenoxy) is 3. The average molecular weight is 426 g/mol. The van der Waals surface area contributed by atoms with Crippen LogP contribution in [0.5, 0.6) is 11.5 Å². The SMILES string of the molecule is CCOC(=O)CC1C(=O)NCCN1C(=O)c1ccc(OCCOc2ccccc2)cc1. The van der Waals surface area contributed by atoms with Crippen molar-refractivity contribution in [2.75, 3.05) is 32.9 Å². The zero-order valence-corrected chi connectivity index (χ0v) is 17.4. The maximum atomic E-state index is 13.0. The summed E-state index contributed by atoms with van der Waals surface area (Å²) < 4.78 is 16.2. The number of rotatable bonds is 9. The van der Waals surface area contributed by atoms with Crippen LogP contribution in [0.15, 0.2) is 54.6 Å². The molecule has 1 heterocycles. The van der Waals surface area contributed by atoms with E-state index in [9.17, 15) is 14.4 Å². The fraction of sp³-hybridized carbons (Fsp3) is 0.348. The van der Waals surface area contributed by atoms with E-state index in [0.29, 0.717) is 37.6 Å². The second-order valence-corrected chi connectivity index (χ2v) is 6.85. The number of nitrogens with zero attached hydrogens (tertiary/aromatic N) is 1. The van der Waals surface area contributed by atoms with Crippen molar-refractivity contribution in [1.29, 1.82) is 0 Å². The predicted octanol–water partition coefficient (Wildman–Crippen LogP) is 2.04. The van der Waals surface area contributed by atoms with Crippen molar-refractivity contribution in [3.8, 4) is 11.5 Å². The van der Waals surface area contributed by atoms with E-state index in [4.69, 9.17) is 14.2 Å². The minimum absolute atomic E-state index is 0.173. The topological polar surface area (TPSA) is 94.2 Å². The lowest BCUT2D eigenvalue weighted by Gasteiger charge is -2.34. The van der Waals surface area contributed by atoms with Crippen molar-refractivity contribution in [2.45, 2.75) is 19.4 Å². The van der Waals surface area contributed by atoms with Crippen molar-refractivity contribution in [3.63, 3.8) is 0 Å². The van der Waals surface area contributed by atoms with Gasteiger partial charge in [-0.15, -0.1) is 0 Å². The molecule has 0 aromatic heterocycles. The van der Waals surface area contributed by atoms with Gasteiger partial charge in [0.05, 0.1) is 13.0 Å². The van der Waals surface area contributed by atoms with Crippen LogP contribution >= 0.6 is 0 Å². The van der Waals surface area contributed by atoms with Crippen molar-refractivity contribution < 1.29 is 28.6 Å². The highest BCUT2D eigenvalue weighted by Crippen LogP contribution is 2.18. The van der Waals surface area contributed by atoms with E-state index in [1.165, 1.54) is 4.90 Å². The zero-order chi connectivity index (χ0) is 22.1. The number of benzene rings is 2. The van der Waals surface area contributed by atoms with E-state index >= 15 is 0 Å². The predicted molar refractivity (Wildman–Crippen MR) is 113 cm³/mol. The molecule has 2 amide bonds. The molecule has 1 atom stereocenters. The molecule has 0 spiro atoms. The standard InChI is InChI=1S/C23H26N2O6/c1-2-29-21(26)16-20-22(27)24-12-13-25(20)23(28)17-8-10-19(11-9-17)31-15-14-30-18-6-4-3-5-7-18/h3-11,20H,2,12-16H2,1H3,(H,24,27). The second kappa shape index (κ2) is 11.0. The molecule has 0 bridgehead atoms. The summed E-state index contributed by atoms with van der Waals surface area (Å²) in [5.41, 5.74) is 0.413. The third kappa shape index (κ3) is 6.21. The molecule has 164 valence electrons. The van der Waals surface area contributed by atoms with Gasteiger partial charge >= 0.3 is 5.97 Å². The van der Waals surface area contributed by atoms with Crippen LogP contribution in [0.25, 0.3) is 0 Å². The third-order valence-electron chi connectivity index (χ3n) is 4.72. The summed E-state index contributed by atoms with van der Waals surface area (Å²) in [5, 5.41) is 2.69. The number of hydrogen-bond donors (Lipinski definition) is 1. The number of para-hydroxylation sites is 1. The van der Waals surface area contributed by atoms with Crippen LogP contribution in [-0.2, 0) is 14.3 Å². The Labute approximate surface area is 181 Å². The molecular formula is C23H26N2O6. The van der Waals surface area contributed by atoms with Gasteiger partial charge in [-0.3, -0.25) is 14.4 Å². The highest BCUT2D eigenvalue weighted by Gasteiger charge is 2.35. The van der Waals surface area contributed by atoms with Crippen molar-refractivity contribution in [3.05, 3.63) is 60.2 Å². The summed E-state index contributed by atoms with van der Waals surface area (Å²) in [6.07, 6.45) is -0.173. The number of esters is 1. The summed E-state index contributed by atoms with van der Waals surface area (Å²) in [6, 6.07) is 15.2. The lowest BCUT2D eigenvalue weighted by molar-refractivity contribution is -0.147. The van der Waals surface area contributed by atoms with Gasteiger partial charge in [0, 0.05) is 18.7 Å². The zero-order valence-electron chi connectivity index (χ0n) is 17.4. The summed E-state index contributed by atoms with van der Waals surface area (Å²) in [7, 11) is 0. The first-order valence-electron chi connectivity index (χ1n) is 10.2. The largest absolute Gasteiger partial charge is 0.490 e. The molecule has 3 rings (SSSR count). The van der Waals surface area contributed by atoms with Gasteiger partial charge in [0.2, 0.25) is 5.91 Å². The quantitative estimate of drug-likeness (QED) is 0.487.